The third kappa shape index (κ3) is 2.61. The van der Waals surface area contributed by atoms with Crippen molar-refractivity contribution in [1.82, 2.24) is 10.2 Å². The van der Waals surface area contributed by atoms with Crippen molar-refractivity contribution < 1.29 is 19.1 Å². The number of carbonyl (C=O) groups is 3. The first-order chi connectivity index (χ1) is 10.0. The van der Waals surface area contributed by atoms with Gasteiger partial charge in [-0.25, -0.2) is 4.79 Å². The van der Waals surface area contributed by atoms with Crippen LogP contribution in [0.4, 0.5) is 4.79 Å². The van der Waals surface area contributed by atoms with Gasteiger partial charge >= 0.3 is 12.0 Å². The third-order valence-electron chi connectivity index (χ3n) is 3.58. The number of methoxy groups -OCH3 is 1. The van der Waals surface area contributed by atoms with Crippen LogP contribution in [0.3, 0.4) is 0 Å². The van der Waals surface area contributed by atoms with Crippen LogP contribution in [0, 0.1) is 0 Å². The summed E-state index contributed by atoms with van der Waals surface area (Å²) in [4.78, 5) is 37.1. The summed E-state index contributed by atoms with van der Waals surface area (Å²) in [5, 5.41) is 2.74. The van der Waals surface area contributed by atoms with Crippen LogP contribution < -0.4 is 5.32 Å². The van der Waals surface area contributed by atoms with Crippen LogP contribution in [0.15, 0.2) is 30.3 Å². The van der Waals surface area contributed by atoms with Crippen LogP contribution in [0.2, 0.25) is 0 Å². The summed E-state index contributed by atoms with van der Waals surface area (Å²) in [6.45, 7) is 1.56. The summed E-state index contributed by atoms with van der Waals surface area (Å²) in [6.07, 6.45) is 1.19. The average Bonchev–Trinajstić information content (AvgIpc) is 2.73. The summed E-state index contributed by atoms with van der Waals surface area (Å²) in [5.41, 5.74) is -0.376. The van der Waals surface area contributed by atoms with E-state index in [9.17, 15) is 14.4 Å². The van der Waals surface area contributed by atoms with Gasteiger partial charge in [-0.1, -0.05) is 43.7 Å². The lowest BCUT2D eigenvalue weighted by atomic mass is 9.85. The number of carbonyl (C=O) groups excluding carboxylic acids is 3. The minimum atomic E-state index is -1.10. The molecular weight excluding hydrogens is 272 g/mol. The van der Waals surface area contributed by atoms with E-state index in [1.807, 2.05) is 25.1 Å². The monoisotopic (exact) mass is 290 g/mol. The van der Waals surface area contributed by atoms with E-state index in [1.165, 1.54) is 7.11 Å². The quantitative estimate of drug-likeness (QED) is 0.657. The number of urea groups is 1. The number of rotatable bonds is 5. The molecule has 0 unspecified atom stereocenters. The Labute approximate surface area is 123 Å². The van der Waals surface area contributed by atoms with Gasteiger partial charge in [0, 0.05) is 0 Å². The second-order valence-electron chi connectivity index (χ2n) is 4.92. The number of benzene rings is 1. The Bertz CT molecular complexity index is 558. The van der Waals surface area contributed by atoms with Crippen molar-refractivity contribution in [3.8, 4) is 0 Å². The fourth-order valence-electron chi connectivity index (χ4n) is 2.57. The van der Waals surface area contributed by atoms with Crippen LogP contribution in [-0.4, -0.2) is 36.5 Å². The molecular formula is C15H18N2O4. The SMILES string of the molecule is CCC[C@@]1(c2ccccc2)NC(=O)N(CC(=O)OC)C1=O. The second kappa shape index (κ2) is 5.95. The molecule has 0 saturated carbocycles. The van der Waals surface area contributed by atoms with Gasteiger partial charge in [0.2, 0.25) is 0 Å². The maximum Gasteiger partial charge on any atom is 0.325 e. The van der Waals surface area contributed by atoms with Gasteiger partial charge < -0.3 is 10.1 Å². The highest BCUT2D eigenvalue weighted by Crippen LogP contribution is 2.33. The number of nitrogens with one attached hydrogen (secondary N) is 1. The Morgan fingerprint density at radius 1 is 1.29 bits per heavy atom. The number of nitrogens with zero attached hydrogens (tertiary/aromatic N) is 1. The zero-order valence-corrected chi connectivity index (χ0v) is 12.1. The summed E-state index contributed by atoms with van der Waals surface area (Å²) in [6, 6.07) is 8.51. The predicted octanol–water partition coefficient (Wildman–Crippen LogP) is 1.41. The number of hydrogen-bond acceptors (Lipinski definition) is 4. The predicted molar refractivity (Wildman–Crippen MR) is 75.3 cm³/mol. The minimum absolute atomic E-state index is 0.376. The van der Waals surface area contributed by atoms with Crippen LogP contribution >= 0.6 is 0 Å². The Morgan fingerprint density at radius 2 is 1.95 bits per heavy atom. The minimum Gasteiger partial charge on any atom is -0.468 e. The normalized spacial score (nSPS) is 21.3. The topological polar surface area (TPSA) is 75.7 Å². The van der Waals surface area contributed by atoms with Crippen molar-refractivity contribution in [2.75, 3.05) is 13.7 Å². The highest BCUT2D eigenvalue weighted by molar-refractivity contribution is 6.09. The molecule has 0 aliphatic carbocycles. The van der Waals surface area contributed by atoms with E-state index in [1.54, 1.807) is 12.1 Å². The molecule has 1 aliphatic heterocycles. The van der Waals surface area contributed by atoms with Crippen molar-refractivity contribution in [2.45, 2.75) is 25.3 Å². The van der Waals surface area contributed by atoms with Gasteiger partial charge in [0.15, 0.2) is 0 Å². The van der Waals surface area contributed by atoms with Crippen LogP contribution in [0.5, 0.6) is 0 Å². The Morgan fingerprint density at radius 3 is 2.52 bits per heavy atom. The van der Waals surface area contributed by atoms with Gasteiger partial charge in [0.1, 0.15) is 12.1 Å². The lowest BCUT2D eigenvalue weighted by molar-refractivity contribution is -0.145. The molecule has 1 heterocycles. The maximum atomic E-state index is 12.7. The molecule has 0 aromatic heterocycles. The Hall–Kier alpha value is -2.37. The van der Waals surface area contributed by atoms with E-state index in [0.29, 0.717) is 12.8 Å². The lowest BCUT2D eigenvalue weighted by Gasteiger charge is -2.26. The fraction of sp³-hybridized carbons (Fsp3) is 0.400. The summed E-state index contributed by atoms with van der Waals surface area (Å²) >= 11 is 0. The molecule has 1 fully saturated rings. The first kappa shape index (κ1) is 15.0. The molecule has 6 heteroatoms. The second-order valence-corrected chi connectivity index (χ2v) is 4.92. The molecule has 1 aromatic carbocycles. The summed E-state index contributed by atoms with van der Waals surface area (Å²) in [7, 11) is 1.22. The van der Waals surface area contributed by atoms with Gasteiger partial charge in [0.05, 0.1) is 7.11 Å². The number of amides is 3. The Kier molecular flexibility index (Phi) is 4.26. The standard InChI is InChI=1S/C15H18N2O4/c1-3-9-15(11-7-5-4-6-8-11)13(19)17(14(20)16-15)10-12(18)21-2/h4-8H,3,9-10H2,1-2H3,(H,16,20)/t15-/m0/s1. The molecule has 3 amide bonds. The summed E-state index contributed by atoms with van der Waals surface area (Å²) < 4.78 is 4.53. The molecule has 0 radical (unpaired) electrons. The zero-order valence-electron chi connectivity index (χ0n) is 12.1. The van der Waals surface area contributed by atoms with Crippen LogP contribution in [-0.2, 0) is 19.9 Å². The molecule has 0 bridgehead atoms. The molecule has 21 heavy (non-hydrogen) atoms. The van der Waals surface area contributed by atoms with Crippen LogP contribution in [0.1, 0.15) is 25.3 Å². The van der Waals surface area contributed by atoms with Gasteiger partial charge in [-0.05, 0) is 12.0 Å². The molecule has 2 rings (SSSR count). The molecule has 1 N–H and O–H groups in total. The zero-order chi connectivity index (χ0) is 15.5. The van der Waals surface area contributed by atoms with E-state index >= 15 is 0 Å². The fourth-order valence-corrected chi connectivity index (χ4v) is 2.57. The first-order valence-corrected chi connectivity index (χ1v) is 6.81. The molecule has 6 nitrogen and oxygen atoms in total. The molecule has 112 valence electrons. The largest absolute Gasteiger partial charge is 0.468 e. The van der Waals surface area contributed by atoms with Crippen molar-refractivity contribution in [1.29, 1.82) is 0 Å². The van der Waals surface area contributed by atoms with Crippen LogP contribution in [0.25, 0.3) is 0 Å². The van der Waals surface area contributed by atoms with Crippen molar-refractivity contribution >= 4 is 17.9 Å². The highest BCUT2D eigenvalue weighted by Gasteiger charge is 2.52. The molecule has 1 atom stereocenters. The maximum absolute atomic E-state index is 12.7. The van der Waals surface area contributed by atoms with Gasteiger partial charge in [-0.3, -0.25) is 14.5 Å². The smallest absolute Gasteiger partial charge is 0.325 e. The average molecular weight is 290 g/mol. The number of hydrogen-bond donors (Lipinski definition) is 1. The number of imide groups is 1. The Balaban J connectivity index is 2.38. The highest BCUT2D eigenvalue weighted by atomic mass is 16.5. The third-order valence-corrected chi connectivity index (χ3v) is 3.58. The summed E-state index contributed by atoms with van der Waals surface area (Å²) in [5.74, 6) is -1.04. The van der Waals surface area contributed by atoms with E-state index in [0.717, 1.165) is 10.5 Å². The van der Waals surface area contributed by atoms with Crippen molar-refractivity contribution in [3.05, 3.63) is 35.9 Å². The van der Waals surface area contributed by atoms with Gasteiger partial charge in [-0.2, -0.15) is 0 Å². The number of esters is 1. The van der Waals surface area contributed by atoms with Gasteiger partial charge in [0.25, 0.3) is 5.91 Å². The van der Waals surface area contributed by atoms with Crippen molar-refractivity contribution in [3.63, 3.8) is 0 Å². The molecule has 1 aromatic rings. The lowest BCUT2D eigenvalue weighted by Crippen LogP contribution is -2.44. The first-order valence-electron chi connectivity index (χ1n) is 6.81. The molecule has 0 spiro atoms. The molecule has 1 saturated heterocycles. The van der Waals surface area contributed by atoms with E-state index < -0.39 is 23.4 Å². The van der Waals surface area contributed by atoms with Crippen molar-refractivity contribution in [2.24, 2.45) is 0 Å². The van der Waals surface area contributed by atoms with E-state index in [-0.39, 0.29) is 6.54 Å². The van der Waals surface area contributed by atoms with E-state index in [4.69, 9.17) is 0 Å². The van der Waals surface area contributed by atoms with Gasteiger partial charge in [-0.15, -0.1) is 0 Å². The number of ether oxygens (including phenoxy) is 1. The van der Waals surface area contributed by atoms with E-state index in [2.05, 4.69) is 10.1 Å². The molecule has 1 aliphatic rings.